The van der Waals surface area contributed by atoms with E-state index in [2.05, 4.69) is 9.97 Å². The smallest absolute Gasteiger partial charge is 0.135 e. The van der Waals surface area contributed by atoms with Crippen molar-refractivity contribution in [3.05, 3.63) is 22.7 Å². The summed E-state index contributed by atoms with van der Waals surface area (Å²) in [6, 6.07) is 0. The van der Waals surface area contributed by atoms with E-state index < -0.39 is 6.10 Å². The van der Waals surface area contributed by atoms with Gasteiger partial charge in [-0.05, 0) is 13.8 Å². The van der Waals surface area contributed by atoms with Crippen molar-refractivity contribution in [1.82, 2.24) is 9.97 Å². The van der Waals surface area contributed by atoms with Crippen molar-refractivity contribution < 1.29 is 5.11 Å². The number of halogens is 1. The number of hydrogen-bond acceptors (Lipinski definition) is 3. The molecule has 0 saturated carbocycles. The molecule has 0 aromatic carbocycles. The van der Waals surface area contributed by atoms with Crippen LogP contribution in [0.15, 0.2) is 6.33 Å². The lowest BCUT2D eigenvalue weighted by atomic mass is 10.2. The second-order valence-corrected chi connectivity index (χ2v) is 2.71. The summed E-state index contributed by atoms with van der Waals surface area (Å²) in [7, 11) is 0. The van der Waals surface area contributed by atoms with E-state index in [1.165, 1.54) is 6.33 Å². The van der Waals surface area contributed by atoms with Gasteiger partial charge in [0.15, 0.2) is 0 Å². The van der Waals surface area contributed by atoms with Crippen molar-refractivity contribution in [3.63, 3.8) is 0 Å². The molecule has 1 unspecified atom stereocenters. The zero-order valence-corrected chi connectivity index (χ0v) is 9.13. The highest BCUT2D eigenvalue weighted by Crippen LogP contribution is 2.18. The lowest BCUT2D eigenvalue weighted by Crippen LogP contribution is -2.00. The van der Waals surface area contributed by atoms with E-state index in [1.807, 2.05) is 13.8 Å². The van der Waals surface area contributed by atoms with E-state index in [0.717, 1.165) is 5.56 Å². The van der Waals surface area contributed by atoms with E-state index >= 15 is 0 Å². The van der Waals surface area contributed by atoms with Gasteiger partial charge in [-0.3, -0.25) is 0 Å². The normalized spacial score (nSPS) is 11.5. The minimum atomic E-state index is -0.588. The van der Waals surface area contributed by atoms with Crippen LogP contribution in [0.5, 0.6) is 0 Å². The molecule has 0 aliphatic heterocycles. The predicted molar refractivity (Wildman–Crippen MR) is 53.8 cm³/mol. The molecular weight excluding hydrogens is 188 g/mol. The SMILES string of the molecule is CC.Cc1c(Cl)ncnc1C(C)O. The highest BCUT2D eigenvalue weighted by Gasteiger charge is 2.08. The van der Waals surface area contributed by atoms with Gasteiger partial charge in [-0.1, -0.05) is 25.4 Å². The van der Waals surface area contributed by atoms with E-state index in [9.17, 15) is 5.11 Å². The molecule has 0 radical (unpaired) electrons. The first kappa shape index (κ1) is 12.3. The van der Waals surface area contributed by atoms with E-state index in [-0.39, 0.29) is 0 Å². The van der Waals surface area contributed by atoms with Crippen LogP contribution in [0.1, 0.15) is 38.1 Å². The molecule has 0 amide bonds. The summed E-state index contributed by atoms with van der Waals surface area (Å²) in [4.78, 5) is 7.66. The Morgan fingerprint density at radius 2 is 1.92 bits per heavy atom. The van der Waals surface area contributed by atoms with Crippen LogP contribution in [0.25, 0.3) is 0 Å². The highest BCUT2D eigenvalue weighted by molar-refractivity contribution is 6.30. The molecular formula is C9H15ClN2O. The third-order valence-corrected chi connectivity index (χ3v) is 1.84. The lowest BCUT2D eigenvalue weighted by Gasteiger charge is -2.06. The predicted octanol–water partition coefficient (Wildman–Crippen LogP) is 2.52. The second kappa shape index (κ2) is 5.89. The average molecular weight is 203 g/mol. The summed E-state index contributed by atoms with van der Waals surface area (Å²) in [6.45, 7) is 7.43. The number of aliphatic hydroxyl groups is 1. The first-order chi connectivity index (χ1) is 6.13. The molecule has 0 bridgehead atoms. The summed E-state index contributed by atoms with van der Waals surface area (Å²) in [5.41, 5.74) is 1.33. The Hall–Kier alpha value is -0.670. The zero-order valence-electron chi connectivity index (χ0n) is 8.37. The maximum atomic E-state index is 9.18. The first-order valence-corrected chi connectivity index (χ1v) is 4.65. The summed E-state index contributed by atoms with van der Waals surface area (Å²) in [5, 5.41) is 9.58. The maximum absolute atomic E-state index is 9.18. The van der Waals surface area contributed by atoms with Crippen molar-refractivity contribution >= 4 is 11.6 Å². The highest BCUT2D eigenvalue weighted by atomic mass is 35.5. The van der Waals surface area contributed by atoms with Gasteiger partial charge in [-0.2, -0.15) is 0 Å². The van der Waals surface area contributed by atoms with E-state index in [4.69, 9.17) is 11.6 Å². The van der Waals surface area contributed by atoms with Crippen molar-refractivity contribution in [3.8, 4) is 0 Å². The van der Waals surface area contributed by atoms with Crippen molar-refractivity contribution in [2.45, 2.75) is 33.8 Å². The van der Waals surface area contributed by atoms with Gasteiger partial charge in [-0.15, -0.1) is 0 Å². The minimum absolute atomic E-state index is 0.399. The van der Waals surface area contributed by atoms with Gasteiger partial charge in [0, 0.05) is 5.56 Å². The molecule has 74 valence electrons. The second-order valence-electron chi connectivity index (χ2n) is 2.35. The van der Waals surface area contributed by atoms with E-state index in [1.54, 1.807) is 13.8 Å². The first-order valence-electron chi connectivity index (χ1n) is 4.28. The molecule has 4 heteroatoms. The quantitative estimate of drug-likeness (QED) is 0.712. The van der Waals surface area contributed by atoms with Crippen LogP contribution in [0, 0.1) is 6.92 Å². The van der Waals surface area contributed by atoms with Crippen LogP contribution in [-0.2, 0) is 0 Å². The zero-order chi connectivity index (χ0) is 10.4. The Balaban J connectivity index is 0.000000671. The van der Waals surface area contributed by atoms with Gasteiger partial charge in [0.1, 0.15) is 11.5 Å². The molecule has 0 aliphatic carbocycles. The molecule has 1 aromatic rings. The van der Waals surface area contributed by atoms with Crippen molar-refractivity contribution in [2.75, 3.05) is 0 Å². The van der Waals surface area contributed by atoms with Gasteiger partial charge in [-0.25, -0.2) is 9.97 Å². The number of aliphatic hydroxyl groups excluding tert-OH is 1. The van der Waals surface area contributed by atoms with Crippen molar-refractivity contribution in [1.29, 1.82) is 0 Å². The number of hydrogen-bond donors (Lipinski definition) is 1. The van der Waals surface area contributed by atoms with Crippen molar-refractivity contribution in [2.24, 2.45) is 0 Å². The number of rotatable bonds is 1. The van der Waals surface area contributed by atoms with Crippen LogP contribution in [0.2, 0.25) is 5.15 Å². The van der Waals surface area contributed by atoms with Gasteiger partial charge < -0.3 is 5.11 Å². The molecule has 3 nitrogen and oxygen atoms in total. The Labute approximate surface area is 83.8 Å². The van der Waals surface area contributed by atoms with Crippen LogP contribution >= 0.6 is 11.6 Å². The van der Waals surface area contributed by atoms with Gasteiger partial charge >= 0.3 is 0 Å². The van der Waals surface area contributed by atoms with Gasteiger partial charge in [0.05, 0.1) is 11.8 Å². The molecule has 1 rings (SSSR count). The largest absolute Gasteiger partial charge is 0.387 e. The fourth-order valence-corrected chi connectivity index (χ4v) is 1.00. The topological polar surface area (TPSA) is 46.0 Å². The van der Waals surface area contributed by atoms with Crippen LogP contribution in [-0.4, -0.2) is 15.1 Å². The fourth-order valence-electron chi connectivity index (χ4n) is 0.862. The summed E-state index contributed by atoms with van der Waals surface area (Å²) >= 11 is 5.70. The monoisotopic (exact) mass is 202 g/mol. The molecule has 1 N–H and O–H groups in total. The molecule has 1 atom stereocenters. The Kier molecular flexibility index (Phi) is 5.58. The Morgan fingerprint density at radius 1 is 1.38 bits per heavy atom. The number of nitrogens with zero attached hydrogens (tertiary/aromatic N) is 2. The summed E-state index contributed by atoms with van der Waals surface area (Å²) in [6.07, 6.45) is 0.757. The third kappa shape index (κ3) is 3.28. The maximum Gasteiger partial charge on any atom is 0.135 e. The standard InChI is InChI=1S/C7H9ClN2O.C2H6/c1-4-6(5(2)11)9-3-10-7(4)8;1-2/h3,5,11H,1-2H3;1-2H3. The van der Waals surface area contributed by atoms with Gasteiger partial charge in [0.2, 0.25) is 0 Å². The molecule has 0 spiro atoms. The van der Waals surface area contributed by atoms with Crippen LogP contribution in [0.3, 0.4) is 0 Å². The Morgan fingerprint density at radius 3 is 2.31 bits per heavy atom. The molecule has 13 heavy (non-hydrogen) atoms. The van der Waals surface area contributed by atoms with Crippen LogP contribution < -0.4 is 0 Å². The fraction of sp³-hybridized carbons (Fsp3) is 0.556. The summed E-state index contributed by atoms with van der Waals surface area (Å²) in [5.74, 6) is 0. The molecule has 1 heterocycles. The van der Waals surface area contributed by atoms with E-state index in [0.29, 0.717) is 10.8 Å². The van der Waals surface area contributed by atoms with Gasteiger partial charge in [0.25, 0.3) is 0 Å². The summed E-state index contributed by atoms with van der Waals surface area (Å²) < 4.78 is 0. The molecule has 0 fully saturated rings. The third-order valence-electron chi connectivity index (χ3n) is 1.46. The minimum Gasteiger partial charge on any atom is -0.387 e. The molecule has 1 aromatic heterocycles. The molecule has 0 aliphatic rings. The number of aromatic nitrogens is 2. The Bertz CT molecular complexity index is 264. The lowest BCUT2D eigenvalue weighted by molar-refractivity contribution is 0.193. The van der Waals surface area contributed by atoms with Crippen LogP contribution in [0.4, 0.5) is 0 Å². The molecule has 0 saturated heterocycles. The average Bonchev–Trinajstić information content (AvgIpc) is 2.13.